The summed E-state index contributed by atoms with van der Waals surface area (Å²) in [5.41, 5.74) is 11.8. The van der Waals surface area contributed by atoms with Crippen molar-refractivity contribution in [2.24, 2.45) is 10.3 Å². The fourth-order valence-electron chi connectivity index (χ4n) is 0.165. The van der Waals surface area contributed by atoms with Gasteiger partial charge in [0, 0.05) is 4.91 Å². The van der Waals surface area contributed by atoms with E-state index < -0.39 is 16.4 Å². The summed E-state index contributed by atoms with van der Waals surface area (Å²) in [6.45, 7) is 0. The number of nitrogens with two attached hydrogens (primary N) is 1. The van der Waals surface area contributed by atoms with Crippen LogP contribution in [0.5, 0.6) is 0 Å². The molecule has 9 heteroatoms. The normalized spacial score (nSPS) is 9.60. The summed E-state index contributed by atoms with van der Waals surface area (Å²) in [4.78, 5) is 11.6. The lowest BCUT2D eigenvalue weighted by Gasteiger charge is -1.91. The highest BCUT2D eigenvalue weighted by molar-refractivity contribution is 7.85. The first-order valence-electron chi connectivity index (χ1n) is 1.78. The van der Waals surface area contributed by atoms with E-state index >= 15 is 0 Å². The van der Waals surface area contributed by atoms with Gasteiger partial charge < -0.3 is 9.92 Å². The largest absolute Gasteiger partial charge is 0.420 e. The van der Waals surface area contributed by atoms with Gasteiger partial charge in [-0.05, 0) is 5.53 Å². The third-order valence-corrected chi connectivity index (χ3v) is 0.972. The zero-order valence-corrected chi connectivity index (χ0v) is 5.28. The quantitative estimate of drug-likeness (QED) is 0.340. The second-order valence-electron chi connectivity index (χ2n) is 1.00. The maximum absolute atomic E-state index is 10.1. The van der Waals surface area contributed by atoms with Crippen molar-refractivity contribution < 1.29 is 17.4 Å². The number of nitrogens with zero attached hydrogens (tertiary/aromatic N) is 3. The van der Waals surface area contributed by atoms with E-state index in [1.165, 1.54) is 0 Å². The molecule has 0 aromatic carbocycles. The van der Waals surface area contributed by atoms with Crippen molar-refractivity contribution >= 4 is 16.4 Å². The van der Waals surface area contributed by atoms with Gasteiger partial charge in [0.1, 0.15) is 0 Å². The molecular formula is CH2N4O4S. The van der Waals surface area contributed by atoms with Gasteiger partial charge in [0.25, 0.3) is 0 Å². The minimum absolute atomic E-state index is 1.55. The average Bonchev–Trinajstić information content (AvgIpc) is 1.59. The molecule has 0 aromatic heterocycles. The predicted molar refractivity (Wildman–Crippen MR) is 28.7 cm³/mol. The molecule has 0 atom stereocenters. The van der Waals surface area contributed by atoms with Gasteiger partial charge in [-0.15, -0.1) is 0 Å². The summed E-state index contributed by atoms with van der Waals surface area (Å²) >= 11 is 0. The summed E-state index contributed by atoms with van der Waals surface area (Å²) in [7, 11) is -4.50. The first-order valence-corrected chi connectivity index (χ1v) is 3.14. The molecular weight excluding hydrogens is 164 g/mol. The van der Waals surface area contributed by atoms with Crippen LogP contribution in [0.4, 0.5) is 4.79 Å². The first kappa shape index (κ1) is 8.53. The number of carbonyl (C=O) groups excluding carboxylic acids is 1. The lowest BCUT2D eigenvalue weighted by atomic mass is 11.3. The Kier molecular flexibility index (Phi) is 2.47. The maximum Gasteiger partial charge on any atom is 0.420 e. The molecule has 0 aliphatic heterocycles. The van der Waals surface area contributed by atoms with Gasteiger partial charge >= 0.3 is 16.4 Å². The Morgan fingerprint density at radius 3 is 2.50 bits per heavy atom. The Morgan fingerprint density at radius 1 is 1.70 bits per heavy atom. The van der Waals surface area contributed by atoms with Crippen LogP contribution in [0.25, 0.3) is 10.4 Å². The van der Waals surface area contributed by atoms with E-state index in [0.717, 1.165) is 0 Å². The minimum atomic E-state index is -4.50. The van der Waals surface area contributed by atoms with Gasteiger partial charge in [-0.2, -0.15) is 8.42 Å². The van der Waals surface area contributed by atoms with Crippen molar-refractivity contribution in [3.63, 3.8) is 0 Å². The smallest absolute Gasteiger partial charge is 0.334 e. The zero-order valence-electron chi connectivity index (χ0n) is 4.46. The van der Waals surface area contributed by atoms with Crippen molar-refractivity contribution in [3.05, 3.63) is 10.4 Å². The van der Waals surface area contributed by atoms with Crippen LogP contribution in [0.15, 0.2) is 4.52 Å². The summed E-state index contributed by atoms with van der Waals surface area (Å²) in [6.07, 6.45) is -1.55. The van der Waals surface area contributed by atoms with E-state index in [9.17, 15) is 13.2 Å². The SMILES string of the molecule is [N-]=[N+]=NS(=O)(=O)OC(N)=O. The highest BCUT2D eigenvalue weighted by Gasteiger charge is 2.10. The summed E-state index contributed by atoms with van der Waals surface area (Å²) in [6, 6.07) is 0. The van der Waals surface area contributed by atoms with Crippen molar-refractivity contribution in [3.8, 4) is 0 Å². The molecule has 0 heterocycles. The number of azide groups is 1. The van der Waals surface area contributed by atoms with Gasteiger partial charge in [-0.1, -0.05) is 0 Å². The Bertz CT molecular complexity index is 272. The molecule has 0 rings (SSSR count). The van der Waals surface area contributed by atoms with Gasteiger partial charge in [-0.25, -0.2) is 4.79 Å². The lowest BCUT2D eigenvalue weighted by Crippen LogP contribution is -2.16. The highest BCUT2D eigenvalue weighted by atomic mass is 32.2. The van der Waals surface area contributed by atoms with E-state index in [1.807, 2.05) is 4.91 Å². The van der Waals surface area contributed by atoms with Crippen LogP contribution < -0.4 is 5.73 Å². The summed E-state index contributed by atoms with van der Waals surface area (Å²) < 4.78 is 25.7. The van der Waals surface area contributed by atoms with Crippen LogP contribution in [0.2, 0.25) is 0 Å². The fraction of sp³-hybridized carbons (Fsp3) is 0. The summed E-state index contributed by atoms with van der Waals surface area (Å²) in [5, 5.41) is 0. The second kappa shape index (κ2) is 2.90. The molecule has 0 spiro atoms. The number of carbonyl (C=O) groups is 1. The van der Waals surface area contributed by atoms with Crippen LogP contribution in [0.1, 0.15) is 0 Å². The minimum Gasteiger partial charge on any atom is -0.334 e. The van der Waals surface area contributed by atoms with Crippen LogP contribution in [-0.4, -0.2) is 14.5 Å². The monoisotopic (exact) mass is 166 g/mol. The van der Waals surface area contributed by atoms with E-state index in [1.54, 1.807) is 0 Å². The Labute approximate surface area is 55.5 Å². The number of hydrogen-bond donors (Lipinski definition) is 1. The Hall–Kier alpha value is -1.47. The predicted octanol–water partition coefficient (Wildman–Crippen LogP) is -0.363. The Balaban J connectivity index is 4.45. The number of hydrogen-bond acceptors (Lipinski definition) is 4. The molecule has 2 N–H and O–H groups in total. The van der Waals surface area contributed by atoms with E-state index in [-0.39, 0.29) is 0 Å². The van der Waals surface area contributed by atoms with Gasteiger partial charge in [0.15, 0.2) is 0 Å². The number of rotatable bonds is 2. The number of primary amides is 1. The zero-order chi connectivity index (χ0) is 8.20. The Morgan fingerprint density at radius 2 is 2.20 bits per heavy atom. The van der Waals surface area contributed by atoms with Crippen molar-refractivity contribution in [2.45, 2.75) is 0 Å². The van der Waals surface area contributed by atoms with Crippen LogP contribution >= 0.6 is 0 Å². The van der Waals surface area contributed by atoms with Crippen molar-refractivity contribution in [1.82, 2.24) is 0 Å². The van der Waals surface area contributed by atoms with E-state index in [4.69, 9.17) is 5.53 Å². The fourth-order valence-corrected chi connectivity index (χ4v) is 0.496. The molecule has 8 nitrogen and oxygen atoms in total. The highest BCUT2D eigenvalue weighted by Crippen LogP contribution is 1.93. The maximum atomic E-state index is 10.1. The molecule has 0 aromatic rings. The first-order chi connectivity index (χ1) is 4.48. The molecule has 56 valence electrons. The molecule has 0 fully saturated rings. The van der Waals surface area contributed by atoms with Crippen molar-refractivity contribution in [2.75, 3.05) is 0 Å². The average molecular weight is 166 g/mol. The topological polar surface area (TPSA) is 135 Å². The van der Waals surface area contributed by atoms with Crippen LogP contribution in [-0.2, 0) is 14.5 Å². The number of amides is 1. The third-order valence-electron chi connectivity index (χ3n) is 0.324. The molecule has 0 aliphatic rings. The third kappa shape index (κ3) is 3.52. The molecule has 10 heavy (non-hydrogen) atoms. The molecule has 0 aliphatic carbocycles. The van der Waals surface area contributed by atoms with E-state index in [2.05, 4.69) is 14.4 Å². The molecule has 0 saturated carbocycles. The van der Waals surface area contributed by atoms with Gasteiger partial charge in [-0.3, -0.25) is 0 Å². The standard InChI is InChI=1S/CH2N4O4S/c2-1(6)9-10(7,8)5-4-3/h(H2,2,6). The van der Waals surface area contributed by atoms with E-state index in [0.29, 0.717) is 0 Å². The second-order valence-corrected chi connectivity index (χ2v) is 2.19. The summed E-state index contributed by atoms with van der Waals surface area (Å²) in [5.74, 6) is 0. The van der Waals surface area contributed by atoms with Gasteiger partial charge in [0.05, 0.1) is 4.52 Å². The molecule has 0 unspecified atom stereocenters. The molecule has 1 amide bonds. The van der Waals surface area contributed by atoms with Crippen molar-refractivity contribution in [1.29, 1.82) is 0 Å². The van der Waals surface area contributed by atoms with Crippen LogP contribution in [0.3, 0.4) is 0 Å². The van der Waals surface area contributed by atoms with Gasteiger partial charge in [0.2, 0.25) is 0 Å². The molecule has 0 saturated heterocycles. The van der Waals surface area contributed by atoms with Crippen LogP contribution in [0, 0.1) is 0 Å². The molecule has 0 radical (unpaired) electrons. The molecule has 0 bridgehead atoms. The lowest BCUT2D eigenvalue weighted by molar-refractivity contribution is 0.213.